The Morgan fingerprint density at radius 3 is 2.56 bits per heavy atom. The largest absolute Gasteiger partial charge is 0.449 e. The van der Waals surface area contributed by atoms with Crippen molar-refractivity contribution >= 4 is 22.3 Å². The van der Waals surface area contributed by atoms with E-state index in [9.17, 15) is 13.2 Å². The zero-order chi connectivity index (χ0) is 23.9. The number of hydrazine groups is 1. The minimum Gasteiger partial charge on any atom is -0.449 e. The number of amides is 1. The quantitative estimate of drug-likeness (QED) is 0.684. The van der Waals surface area contributed by atoms with Crippen LogP contribution in [0.4, 0.5) is 4.79 Å². The van der Waals surface area contributed by atoms with Gasteiger partial charge in [0.1, 0.15) is 0 Å². The molecule has 8 nitrogen and oxygen atoms in total. The SMILES string of the molecule is CCOC(=O)N1NC(c2ccc(S(N)(=O)=O)cc2)C2=C1CCC1=C2C=NC1Cc1ccccc1. The van der Waals surface area contributed by atoms with Crippen molar-refractivity contribution in [3.8, 4) is 0 Å². The first-order valence-electron chi connectivity index (χ1n) is 11.3. The van der Waals surface area contributed by atoms with Crippen molar-refractivity contribution in [1.29, 1.82) is 0 Å². The van der Waals surface area contributed by atoms with Crippen molar-refractivity contribution in [3.05, 3.63) is 88.1 Å². The number of fused-ring (bicyclic) bond motifs is 1. The molecule has 1 amide bonds. The minimum absolute atomic E-state index is 0.0413. The molecule has 34 heavy (non-hydrogen) atoms. The van der Waals surface area contributed by atoms with Crippen LogP contribution in [0.2, 0.25) is 0 Å². The number of aliphatic imine (C=N–C) groups is 1. The normalized spacial score (nSPS) is 21.6. The van der Waals surface area contributed by atoms with E-state index in [0.717, 1.165) is 35.2 Å². The summed E-state index contributed by atoms with van der Waals surface area (Å²) in [6.45, 7) is 2.04. The lowest BCUT2D eigenvalue weighted by Gasteiger charge is -2.24. The molecule has 0 radical (unpaired) electrons. The molecular formula is C25H26N4O4S. The molecule has 2 aromatic rings. The Bertz CT molecular complexity index is 1310. The molecule has 2 aliphatic heterocycles. The number of rotatable bonds is 5. The predicted molar refractivity (Wildman–Crippen MR) is 128 cm³/mol. The molecule has 5 rings (SSSR count). The van der Waals surface area contributed by atoms with E-state index in [1.807, 2.05) is 24.4 Å². The molecule has 0 spiro atoms. The Balaban J connectivity index is 1.53. The van der Waals surface area contributed by atoms with Crippen LogP contribution in [0.5, 0.6) is 0 Å². The second-order valence-corrected chi connectivity index (χ2v) is 10.1. The lowest BCUT2D eigenvalue weighted by molar-refractivity contribution is 0.102. The van der Waals surface area contributed by atoms with E-state index >= 15 is 0 Å². The number of hydrogen-bond donors (Lipinski definition) is 2. The highest BCUT2D eigenvalue weighted by Crippen LogP contribution is 2.46. The van der Waals surface area contributed by atoms with E-state index in [-0.39, 0.29) is 23.6 Å². The topological polar surface area (TPSA) is 114 Å². The number of benzene rings is 2. The number of carbonyl (C=O) groups is 1. The van der Waals surface area contributed by atoms with Gasteiger partial charge in [0, 0.05) is 23.1 Å². The Morgan fingerprint density at radius 1 is 1.15 bits per heavy atom. The molecule has 1 aliphatic carbocycles. The molecule has 2 atom stereocenters. The average molecular weight is 479 g/mol. The van der Waals surface area contributed by atoms with E-state index in [1.165, 1.54) is 28.3 Å². The predicted octanol–water partition coefficient (Wildman–Crippen LogP) is 3.39. The van der Waals surface area contributed by atoms with E-state index in [1.54, 1.807) is 19.1 Å². The molecule has 3 aliphatic rings. The number of ether oxygens (including phenoxy) is 1. The molecule has 176 valence electrons. The highest BCUT2D eigenvalue weighted by Gasteiger charge is 2.42. The van der Waals surface area contributed by atoms with Crippen LogP contribution in [0, 0.1) is 0 Å². The molecule has 0 bridgehead atoms. The Morgan fingerprint density at radius 2 is 1.88 bits per heavy atom. The van der Waals surface area contributed by atoms with Crippen molar-refractivity contribution in [3.63, 3.8) is 0 Å². The average Bonchev–Trinajstić information content (AvgIpc) is 3.41. The van der Waals surface area contributed by atoms with Crippen molar-refractivity contribution in [1.82, 2.24) is 10.4 Å². The summed E-state index contributed by atoms with van der Waals surface area (Å²) in [5.74, 6) is 0. The zero-order valence-electron chi connectivity index (χ0n) is 18.8. The summed E-state index contributed by atoms with van der Waals surface area (Å²) < 4.78 is 28.7. The number of primary sulfonamides is 1. The molecule has 9 heteroatoms. The first-order chi connectivity index (χ1) is 16.4. The second kappa shape index (κ2) is 8.83. The van der Waals surface area contributed by atoms with Crippen LogP contribution in [0.25, 0.3) is 0 Å². The summed E-state index contributed by atoms with van der Waals surface area (Å²) in [6.07, 6.45) is 3.76. The first-order valence-corrected chi connectivity index (χ1v) is 12.8. The number of sulfonamides is 1. The van der Waals surface area contributed by atoms with Crippen molar-refractivity contribution in [2.75, 3.05) is 6.61 Å². The van der Waals surface area contributed by atoms with Gasteiger partial charge in [-0.25, -0.2) is 28.8 Å². The zero-order valence-corrected chi connectivity index (χ0v) is 19.6. The molecule has 2 aromatic carbocycles. The lowest BCUT2D eigenvalue weighted by atomic mass is 9.82. The van der Waals surface area contributed by atoms with Gasteiger partial charge in [0.05, 0.1) is 23.6 Å². The highest BCUT2D eigenvalue weighted by molar-refractivity contribution is 7.89. The number of nitrogens with zero attached hydrogens (tertiary/aromatic N) is 2. The van der Waals surface area contributed by atoms with E-state index < -0.39 is 16.1 Å². The van der Waals surface area contributed by atoms with Crippen LogP contribution in [0.15, 0.2) is 86.9 Å². The maximum Gasteiger partial charge on any atom is 0.428 e. The maximum atomic E-state index is 12.7. The summed E-state index contributed by atoms with van der Waals surface area (Å²) in [5, 5.41) is 6.75. The van der Waals surface area contributed by atoms with Gasteiger partial charge in [0.25, 0.3) is 0 Å². The van der Waals surface area contributed by atoms with E-state index in [2.05, 4.69) is 17.6 Å². The molecular weight excluding hydrogens is 452 g/mol. The number of nitrogens with one attached hydrogen (secondary N) is 1. The van der Waals surface area contributed by atoms with Gasteiger partial charge < -0.3 is 4.74 Å². The molecule has 0 fully saturated rings. The van der Waals surface area contributed by atoms with Crippen molar-refractivity contribution < 1.29 is 17.9 Å². The minimum atomic E-state index is -3.80. The van der Waals surface area contributed by atoms with Gasteiger partial charge in [0.15, 0.2) is 0 Å². The summed E-state index contributed by atoms with van der Waals surface area (Å²) in [7, 11) is -3.80. The number of hydrogen-bond acceptors (Lipinski definition) is 6. The fraction of sp³-hybridized carbons (Fsp3) is 0.280. The van der Waals surface area contributed by atoms with Crippen LogP contribution < -0.4 is 10.6 Å². The first kappa shape index (κ1) is 22.5. The third kappa shape index (κ3) is 4.06. The van der Waals surface area contributed by atoms with Crippen molar-refractivity contribution in [2.45, 2.75) is 43.2 Å². The van der Waals surface area contributed by atoms with Crippen LogP contribution >= 0.6 is 0 Å². The van der Waals surface area contributed by atoms with Crippen LogP contribution in [-0.2, 0) is 21.2 Å². The molecule has 0 saturated heterocycles. The van der Waals surface area contributed by atoms with Gasteiger partial charge in [-0.15, -0.1) is 0 Å². The monoisotopic (exact) mass is 478 g/mol. The fourth-order valence-corrected chi connectivity index (χ4v) is 5.40. The third-order valence-electron chi connectivity index (χ3n) is 6.45. The van der Waals surface area contributed by atoms with E-state index in [4.69, 9.17) is 14.9 Å². The van der Waals surface area contributed by atoms with Crippen LogP contribution in [0.1, 0.15) is 36.9 Å². The molecule has 0 aromatic heterocycles. The van der Waals surface area contributed by atoms with Gasteiger partial charge in [-0.05, 0) is 55.0 Å². The molecule has 3 N–H and O–H groups in total. The van der Waals surface area contributed by atoms with Gasteiger partial charge in [-0.1, -0.05) is 42.5 Å². The standard InChI is InChI=1S/C25H26N4O4S/c1-2-33-25(30)29-22-13-12-19-20(15-27-21(19)14-16-6-4-3-5-7-16)23(22)24(28-29)17-8-10-18(11-9-17)34(26,31)32/h3-11,15,21,24,28H,2,12-14H2,1H3,(H2,26,31,32). The van der Waals surface area contributed by atoms with Gasteiger partial charge in [0.2, 0.25) is 10.0 Å². The lowest BCUT2D eigenvalue weighted by Crippen LogP contribution is -2.39. The smallest absolute Gasteiger partial charge is 0.428 e. The summed E-state index contributed by atoms with van der Waals surface area (Å²) in [4.78, 5) is 17.6. The summed E-state index contributed by atoms with van der Waals surface area (Å²) in [6, 6.07) is 16.4. The summed E-state index contributed by atoms with van der Waals surface area (Å²) in [5.41, 5.74) is 9.48. The maximum absolute atomic E-state index is 12.7. The second-order valence-electron chi connectivity index (χ2n) is 8.49. The number of nitrogens with two attached hydrogens (primary N) is 1. The van der Waals surface area contributed by atoms with Gasteiger partial charge >= 0.3 is 6.09 Å². The summed E-state index contributed by atoms with van der Waals surface area (Å²) >= 11 is 0. The van der Waals surface area contributed by atoms with Crippen molar-refractivity contribution in [2.24, 2.45) is 10.1 Å². The Kier molecular flexibility index (Phi) is 5.85. The number of allylic oxidation sites excluding steroid dienone is 1. The van der Waals surface area contributed by atoms with Crippen LogP contribution in [0.3, 0.4) is 0 Å². The number of carbonyl (C=O) groups excluding carboxylic acids is 1. The highest BCUT2D eigenvalue weighted by atomic mass is 32.2. The van der Waals surface area contributed by atoms with Gasteiger partial charge in [-0.3, -0.25) is 4.99 Å². The van der Waals surface area contributed by atoms with Gasteiger partial charge in [-0.2, -0.15) is 0 Å². The Labute approximate surface area is 198 Å². The van der Waals surface area contributed by atoms with E-state index in [0.29, 0.717) is 6.42 Å². The third-order valence-corrected chi connectivity index (χ3v) is 7.37. The Hall–Kier alpha value is -3.27. The molecule has 2 heterocycles. The van der Waals surface area contributed by atoms with Crippen LogP contribution in [-0.4, -0.2) is 38.4 Å². The molecule has 0 saturated carbocycles. The fourth-order valence-electron chi connectivity index (χ4n) is 4.89. The molecule has 2 unspecified atom stereocenters.